The van der Waals surface area contributed by atoms with Crippen molar-refractivity contribution in [3.8, 4) is 0 Å². The van der Waals surface area contributed by atoms with Gasteiger partial charge in [-0.3, -0.25) is 9.88 Å². The first kappa shape index (κ1) is 22.6. The third kappa shape index (κ3) is 3.62. The first-order valence-corrected chi connectivity index (χ1v) is 11.8. The van der Waals surface area contributed by atoms with Gasteiger partial charge in [0.25, 0.3) is 0 Å². The third-order valence-corrected chi connectivity index (χ3v) is 7.49. The minimum Gasteiger partial charge on any atom is -0.444 e. The summed E-state index contributed by atoms with van der Waals surface area (Å²) in [5.74, 6) is -0.413. The van der Waals surface area contributed by atoms with Crippen molar-refractivity contribution in [3.63, 3.8) is 0 Å². The van der Waals surface area contributed by atoms with Crippen molar-refractivity contribution >= 4 is 29.6 Å². The number of benzene rings is 1. The maximum absolute atomic E-state index is 15.3. The fourth-order valence-electron chi connectivity index (χ4n) is 5.22. The number of carbonyl (C=O) groups excluding carboxylic acids is 1. The summed E-state index contributed by atoms with van der Waals surface area (Å²) in [4.78, 5) is 19.4. The van der Waals surface area contributed by atoms with Gasteiger partial charge < -0.3 is 14.0 Å². The SMILES string of the molecule is CC(C)(C)OC(=O)N1C2CCC1c1c(cnc3c(F)cc(B4OC(C)(C)C(C)(C)O4)cc13)C2. The van der Waals surface area contributed by atoms with Crippen LogP contribution in [0.25, 0.3) is 10.9 Å². The zero-order valence-corrected chi connectivity index (χ0v) is 20.5. The van der Waals surface area contributed by atoms with Crippen molar-refractivity contribution in [3.05, 3.63) is 35.3 Å². The number of fused-ring (bicyclic) bond motifs is 6. The molecule has 2 saturated heterocycles. The lowest BCUT2D eigenvalue weighted by Crippen LogP contribution is -2.44. The summed E-state index contributed by atoms with van der Waals surface area (Å²) in [6.45, 7) is 13.5. The monoisotopic (exact) mass is 454 g/mol. The second kappa shape index (κ2) is 7.16. The van der Waals surface area contributed by atoms with Crippen LogP contribution in [0.2, 0.25) is 0 Å². The van der Waals surface area contributed by atoms with Gasteiger partial charge in [-0.2, -0.15) is 0 Å². The molecule has 3 aliphatic rings. The van der Waals surface area contributed by atoms with Crippen molar-refractivity contribution < 1.29 is 23.2 Å². The quantitative estimate of drug-likeness (QED) is 0.587. The molecular weight excluding hydrogens is 422 g/mol. The number of ether oxygens (including phenoxy) is 1. The number of rotatable bonds is 1. The van der Waals surface area contributed by atoms with E-state index in [4.69, 9.17) is 14.0 Å². The van der Waals surface area contributed by atoms with Crippen LogP contribution < -0.4 is 5.46 Å². The lowest BCUT2D eigenvalue weighted by molar-refractivity contribution is 0.00578. The van der Waals surface area contributed by atoms with Gasteiger partial charge in [0.2, 0.25) is 0 Å². The summed E-state index contributed by atoms with van der Waals surface area (Å²) in [7, 11) is -0.674. The number of carbonyl (C=O) groups is 1. The van der Waals surface area contributed by atoms with Gasteiger partial charge in [0, 0.05) is 17.6 Å². The molecule has 3 aliphatic heterocycles. The highest BCUT2D eigenvalue weighted by Crippen LogP contribution is 2.47. The Morgan fingerprint density at radius 1 is 1.18 bits per heavy atom. The predicted molar refractivity (Wildman–Crippen MR) is 125 cm³/mol. The van der Waals surface area contributed by atoms with E-state index in [1.165, 1.54) is 6.07 Å². The molecule has 8 heteroatoms. The molecule has 2 atom stereocenters. The number of aromatic nitrogens is 1. The van der Waals surface area contributed by atoms with E-state index in [1.807, 2.05) is 59.4 Å². The van der Waals surface area contributed by atoms with Crippen molar-refractivity contribution in [2.24, 2.45) is 0 Å². The van der Waals surface area contributed by atoms with E-state index in [0.717, 1.165) is 29.4 Å². The molecule has 176 valence electrons. The maximum Gasteiger partial charge on any atom is 0.494 e. The molecule has 0 aliphatic carbocycles. The molecule has 2 fully saturated rings. The minimum atomic E-state index is -0.674. The number of halogens is 1. The second-order valence-electron chi connectivity index (χ2n) is 11.5. The molecule has 1 aromatic heterocycles. The Hall–Kier alpha value is -2.19. The number of hydrogen-bond acceptors (Lipinski definition) is 5. The lowest BCUT2D eigenvalue weighted by atomic mass is 9.77. The number of nitrogens with zero attached hydrogens (tertiary/aromatic N) is 2. The zero-order chi connectivity index (χ0) is 23.9. The molecule has 0 saturated carbocycles. The molecule has 6 nitrogen and oxygen atoms in total. The Kier molecular flexibility index (Phi) is 4.90. The zero-order valence-electron chi connectivity index (χ0n) is 20.5. The molecule has 33 heavy (non-hydrogen) atoms. The Morgan fingerprint density at radius 3 is 2.48 bits per heavy atom. The highest BCUT2D eigenvalue weighted by molar-refractivity contribution is 6.62. The lowest BCUT2D eigenvalue weighted by Gasteiger charge is -2.37. The molecule has 1 aromatic carbocycles. The molecule has 0 N–H and O–H groups in total. The summed E-state index contributed by atoms with van der Waals surface area (Å²) in [6, 6.07) is 3.30. The smallest absolute Gasteiger partial charge is 0.444 e. The average Bonchev–Trinajstić information content (AvgIpc) is 3.10. The van der Waals surface area contributed by atoms with Crippen LogP contribution in [0, 0.1) is 5.82 Å². The van der Waals surface area contributed by atoms with Crippen LogP contribution in [0.4, 0.5) is 9.18 Å². The number of amides is 1. The van der Waals surface area contributed by atoms with Crippen LogP contribution in [-0.4, -0.2) is 45.9 Å². The van der Waals surface area contributed by atoms with E-state index < -0.39 is 29.7 Å². The fraction of sp³-hybridized carbons (Fsp3) is 0.600. The largest absolute Gasteiger partial charge is 0.494 e. The summed E-state index contributed by atoms with van der Waals surface area (Å²) < 4.78 is 33.4. The predicted octanol–water partition coefficient (Wildman–Crippen LogP) is 4.67. The van der Waals surface area contributed by atoms with Gasteiger partial charge in [-0.1, -0.05) is 6.07 Å². The Balaban J connectivity index is 1.60. The molecule has 4 heterocycles. The van der Waals surface area contributed by atoms with Gasteiger partial charge in [-0.05, 0) is 90.4 Å². The first-order valence-electron chi connectivity index (χ1n) is 11.8. The standard InChI is InChI=1S/C25H32BFN2O4/c1-23(2,3)31-22(30)29-16-8-9-19(29)20-14(10-16)13-28-21-17(20)11-15(12-18(21)27)26-32-24(4,5)25(6,7)33-26/h11-13,16,19H,8-10H2,1-7H3. The van der Waals surface area contributed by atoms with Gasteiger partial charge in [-0.25, -0.2) is 9.18 Å². The van der Waals surface area contributed by atoms with Crippen LogP contribution in [-0.2, 0) is 20.5 Å². The van der Waals surface area contributed by atoms with Crippen LogP contribution in [0.1, 0.15) is 78.5 Å². The van der Waals surface area contributed by atoms with E-state index >= 15 is 4.39 Å². The minimum absolute atomic E-state index is 0.0766. The van der Waals surface area contributed by atoms with Crippen molar-refractivity contribution in [1.29, 1.82) is 0 Å². The van der Waals surface area contributed by atoms with Gasteiger partial charge >= 0.3 is 13.2 Å². The van der Waals surface area contributed by atoms with E-state index in [0.29, 0.717) is 17.4 Å². The Morgan fingerprint density at radius 2 is 1.85 bits per heavy atom. The average molecular weight is 454 g/mol. The molecule has 2 unspecified atom stereocenters. The molecule has 5 rings (SSSR count). The molecule has 0 radical (unpaired) electrons. The molecule has 1 amide bonds. The third-order valence-electron chi connectivity index (χ3n) is 7.49. The molecular formula is C25H32BFN2O4. The highest BCUT2D eigenvalue weighted by Gasteiger charge is 2.52. The summed E-state index contributed by atoms with van der Waals surface area (Å²) in [5, 5.41) is 0.719. The van der Waals surface area contributed by atoms with E-state index in [1.54, 1.807) is 6.20 Å². The first-order chi connectivity index (χ1) is 15.3. The normalized spacial score (nSPS) is 25.5. The number of hydrogen-bond donors (Lipinski definition) is 0. The number of pyridine rings is 1. The van der Waals surface area contributed by atoms with Crippen molar-refractivity contribution in [2.75, 3.05) is 0 Å². The molecule has 2 aromatic rings. The topological polar surface area (TPSA) is 60.9 Å². The highest BCUT2D eigenvalue weighted by atomic mass is 19.1. The molecule has 0 spiro atoms. The van der Waals surface area contributed by atoms with Gasteiger partial charge in [0.1, 0.15) is 16.9 Å². The Bertz CT molecular complexity index is 1130. The van der Waals surface area contributed by atoms with Gasteiger partial charge in [0.05, 0.1) is 17.2 Å². The maximum atomic E-state index is 15.3. The summed E-state index contributed by atoms with van der Waals surface area (Å²) >= 11 is 0. The van der Waals surface area contributed by atoms with Crippen LogP contribution in [0.15, 0.2) is 18.3 Å². The van der Waals surface area contributed by atoms with Crippen LogP contribution in [0.3, 0.4) is 0 Å². The van der Waals surface area contributed by atoms with E-state index in [9.17, 15) is 4.79 Å². The summed E-state index contributed by atoms with van der Waals surface area (Å²) in [5.41, 5.74) is 1.35. The fourth-order valence-corrected chi connectivity index (χ4v) is 5.22. The molecule has 2 bridgehead atoms. The van der Waals surface area contributed by atoms with E-state index in [2.05, 4.69) is 4.98 Å². The van der Waals surface area contributed by atoms with Crippen LogP contribution >= 0.6 is 0 Å². The van der Waals surface area contributed by atoms with E-state index in [-0.39, 0.29) is 18.2 Å². The van der Waals surface area contributed by atoms with Gasteiger partial charge in [0.15, 0.2) is 0 Å². The van der Waals surface area contributed by atoms with Crippen molar-refractivity contribution in [2.45, 2.75) is 96.6 Å². The van der Waals surface area contributed by atoms with Crippen LogP contribution in [0.5, 0.6) is 0 Å². The summed E-state index contributed by atoms with van der Waals surface area (Å²) in [6.07, 6.45) is 3.86. The Labute approximate surface area is 194 Å². The van der Waals surface area contributed by atoms with Gasteiger partial charge in [-0.15, -0.1) is 0 Å². The van der Waals surface area contributed by atoms with Crippen molar-refractivity contribution in [1.82, 2.24) is 9.88 Å². The second-order valence-corrected chi connectivity index (χ2v) is 11.5.